The first-order chi connectivity index (χ1) is 5.18. The van der Waals surface area contributed by atoms with E-state index in [0.717, 1.165) is 0 Å². The standard InChI is InChI=1S/C8H9NO2.ClH.Na/c1-6(10)9-7-2-4-8(11)5-3-7;;/h2-5,11H,1H3,(H,9,10);1H;/q;;+1/p-1. The molecule has 0 bridgehead atoms. The smallest absolute Gasteiger partial charge is 1.00 e. The minimum atomic E-state index is -0.115. The van der Waals surface area contributed by atoms with E-state index in [1.165, 1.54) is 19.1 Å². The van der Waals surface area contributed by atoms with Crippen LogP contribution >= 0.6 is 0 Å². The molecular weight excluding hydrogens is 201 g/mol. The van der Waals surface area contributed by atoms with Gasteiger partial charge in [-0.25, -0.2) is 0 Å². The maximum absolute atomic E-state index is 10.5. The zero-order valence-corrected chi connectivity index (χ0v) is 10.3. The van der Waals surface area contributed by atoms with Crippen LogP contribution in [0.3, 0.4) is 0 Å². The van der Waals surface area contributed by atoms with Crippen molar-refractivity contribution >= 4 is 11.6 Å². The molecule has 5 heteroatoms. The molecule has 0 aromatic heterocycles. The van der Waals surface area contributed by atoms with E-state index in [1.54, 1.807) is 12.1 Å². The van der Waals surface area contributed by atoms with Gasteiger partial charge in [0, 0.05) is 12.6 Å². The largest absolute Gasteiger partial charge is 1.00 e. The Morgan fingerprint density at radius 3 is 2.15 bits per heavy atom. The Bertz CT molecular complexity index is 263. The van der Waals surface area contributed by atoms with E-state index >= 15 is 0 Å². The van der Waals surface area contributed by atoms with Crippen molar-refractivity contribution in [3.05, 3.63) is 24.3 Å². The van der Waals surface area contributed by atoms with E-state index < -0.39 is 0 Å². The number of rotatable bonds is 1. The molecule has 1 aromatic rings. The van der Waals surface area contributed by atoms with Gasteiger partial charge in [0.25, 0.3) is 0 Å². The number of amides is 1. The van der Waals surface area contributed by atoms with Gasteiger partial charge in [-0.05, 0) is 24.3 Å². The average Bonchev–Trinajstić information content (AvgIpc) is 1.93. The SMILES string of the molecule is CC(=O)Nc1ccc(O)cc1.[Cl-].[Na+]. The Balaban J connectivity index is 0. The number of hydrogen-bond acceptors (Lipinski definition) is 2. The van der Waals surface area contributed by atoms with Gasteiger partial charge in [0.15, 0.2) is 0 Å². The second-order valence-corrected chi connectivity index (χ2v) is 2.23. The first-order valence-corrected chi connectivity index (χ1v) is 3.25. The van der Waals surface area contributed by atoms with E-state index in [0.29, 0.717) is 5.69 Å². The molecule has 0 fully saturated rings. The molecule has 0 aliphatic heterocycles. The molecule has 66 valence electrons. The molecule has 1 amide bonds. The number of nitrogens with one attached hydrogen (secondary N) is 1. The van der Waals surface area contributed by atoms with Gasteiger partial charge in [-0.15, -0.1) is 0 Å². The van der Waals surface area contributed by atoms with Crippen LogP contribution in [-0.4, -0.2) is 11.0 Å². The minimum Gasteiger partial charge on any atom is -1.00 e. The molecule has 0 radical (unpaired) electrons. The van der Waals surface area contributed by atoms with Crippen LogP contribution in [-0.2, 0) is 4.79 Å². The summed E-state index contributed by atoms with van der Waals surface area (Å²) in [5, 5.41) is 11.5. The number of benzene rings is 1. The predicted molar refractivity (Wildman–Crippen MR) is 42.4 cm³/mol. The molecule has 0 saturated heterocycles. The normalized spacial score (nSPS) is 7.77. The van der Waals surface area contributed by atoms with Crippen LogP contribution in [0.5, 0.6) is 5.75 Å². The molecule has 1 rings (SSSR count). The van der Waals surface area contributed by atoms with Crippen LogP contribution in [0.4, 0.5) is 5.69 Å². The van der Waals surface area contributed by atoms with Crippen LogP contribution in [0.25, 0.3) is 0 Å². The number of anilines is 1. The van der Waals surface area contributed by atoms with Crippen molar-refractivity contribution in [1.29, 1.82) is 0 Å². The number of phenolic OH excluding ortho intramolecular Hbond substituents is 1. The van der Waals surface area contributed by atoms with Gasteiger partial charge < -0.3 is 22.8 Å². The van der Waals surface area contributed by atoms with Crippen LogP contribution in [0.2, 0.25) is 0 Å². The van der Waals surface area contributed by atoms with E-state index in [9.17, 15) is 4.79 Å². The number of carbonyl (C=O) groups is 1. The summed E-state index contributed by atoms with van der Waals surface area (Å²) in [6.07, 6.45) is 0. The van der Waals surface area contributed by atoms with E-state index in [4.69, 9.17) is 5.11 Å². The summed E-state index contributed by atoms with van der Waals surface area (Å²) in [4.78, 5) is 10.5. The molecule has 0 spiro atoms. The predicted octanol–water partition coefficient (Wildman–Crippen LogP) is -4.64. The van der Waals surface area contributed by atoms with Crippen LogP contribution in [0, 0.1) is 0 Å². The molecule has 0 unspecified atom stereocenters. The van der Waals surface area contributed by atoms with E-state index in [2.05, 4.69) is 5.32 Å². The fraction of sp³-hybridized carbons (Fsp3) is 0.125. The molecule has 0 atom stereocenters. The first kappa shape index (κ1) is 15.3. The molecule has 0 saturated carbocycles. The van der Waals surface area contributed by atoms with Crippen molar-refractivity contribution in [2.45, 2.75) is 6.92 Å². The number of hydrogen-bond donors (Lipinski definition) is 2. The Kier molecular flexibility index (Phi) is 8.46. The second kappa shape index (κ2) is 7.21. The van der Waals surface area contributed by atoms with E-state index in [1.807, 2.05) is 0 Å². The van der Waals surface area contributed by atoms with Gasteiger partial charge in [0.05, 0.1) is 0 Å². The number of halogens is 1. The summed E-state index contributed by atoms with van der Waals surface area (Å²) in [5.74, 6) is 0.0785. The molecule has 0 aliphatic rings. The Morgan fingerprint density at radius 1 is 1.31 bits per heavy atom. The van der Waals surface area contributed by atoms with Crippen molar-refractivity contribution in [1.82, 2.24) is 0 Å². The third kappa shape index (κ3) is 5.93. The Morgan fingerprint density at radius 2 is 1.77 bits per heavy atom. The fourth-order valence-electron chi connectivity index (χ4n) is 0.748. The van der Waals surface area contributed by atoms with Gasteiger partial charge in [-0.2, -0.15) is 0 Å². The maximum atomic E-state index is 10.5. The van der Waals surface area contributed by atoms with Crippen LogP contribution in [0.15, 0.2) is 24.3 Å². The van der Waals surface area contributed by atoms with Gasteiger partial charge in [0.1, 0.15) is 5.75 Å². The third-order valence-electron chi connectivity index (χ3n) is 1.19. The molecular formula is C8H9ClNNaO2. The number of carbonyl (C=O) groups excluding carboxylic acids is 1. The first-order valence-electron chi connectivity index (χ1n) is 3.25. The van der Waals surface area contributed by atoms with Crippen molar-refractivity contribution in [2.75, 3.05) is 5.32 Å². The molecule has 0 heterocycles. The van der Waals surface area contributed by atoms with E-state index in [-0.39, 0.29) is 53.6 Å². The molecule has 2 N–H and O–H groups in total. The van der Waals surface area contributed by atoms with Gasteiger partial charge in [0.2, 0.25) is 5.91 Å². The molecule has 3 nitrogen and oxygen atoms in total. The minimum absolute atomic E-state index is 0. The summed E-state index contributed by atoms with van der Waals surface area (Å²) < 4.78 is 0. The van der Waals surface area contributed by atoms with Crippen LogP contribution < -0.4 is 47.3 Å². The topological polar surface area (TPSA) is 49.3 Å². The van der Waals surface area contributed by atoms with Gasteiger partial charge >= 0.3 is 29.6 Å². The summed E-state index contributed by atoms with van der Waals surface area (Å²) in [5.41, 5.74) is 0.690. The summed E-state index contributed by atoms with van der Waals surface area (Å²) >= 11 is 0. The van der Waals surface area contributed by atoms with Crippen LogP contribution in [0.1, 0.15) is 6.92 Å². The molecule has 13 heavy (non-hydrogen) atoms. The quantitative estimate of drug-likeness (QED) is 0.361. The van der Waals surface area contributed by atoms with Crippen molar-refractivity contribution in [3.8, 4) is 5.75 Å². The summed E-state index contributed by atoms with van der Waals surface area (Å²) in [6, 6.07) is 6.31. The van der Waals surface area contributed by atoms with Crippen molar-refractivity contribution < 1.29 is 51.9 Å². The summed E-state index contributed by atoms with van der Waals surface area (Å²) in [7, 11) is 0. The van der Waals surface area contributed by atoms with Gasteiger partial charge in [-0.1, -0.05) is 0 Å². The maximum Gasteiger partial charge on any atom is 1.00 e. The Labute approximate surface area is 105 Å². The van der Waals surface area contributed by atoms with Crippen molar-refractivity contribution in [3.63, 3.8) is 0 Å². The second-order valence-electron chi connectivity index (χ2n) is 2.23. The summed E-state index contributed by atoms with van der Waals surface area (Å²) in [6.45, 7) is 1.44. The van der Waals surface area contributed by atoms with Crippen molar-refractivity contribution in [2.24, 2.45) is 0 Å². The number of aromatic hydroxyl groups is 1. The Hall–Kier alpha value is -0.220. The monoisotopic (exact) mass is 209 g/mol. The molecule has 0 aliphatic carbocycles. The fourth-order valence-corrected chi connectivity index (χ4v) is 0.748. The van der Waals surface area contributed by atoms with Gasteiger partial charge in [-0.3, -0.25) is 4.79 Å². The number of phenols is 1. The average molecular weight is 210 g/mol. The zero-order chi connectivity index (χ0) is 8.27. The third-order valence-corrected chi connectivity index (χ3v) is 1.19. The zero-order valence-electron chi connectivity index (χ0n) is 7.54. The molecule has 1 aromatic carbocycles.